The van der Waals surface area contributed by atoms with Gasteiger partial charge in [-0.05, 0) is 12.0 Å². The monoisotopic (exact) mass is 330 g/mol. The predicted octanol–water partition coefficient (Wildman–Crippen LogP) is 1.13. The minimum absolute atomic E-state index is 0.0374. The van der Waals surface area contributed by atoms with E-state index in [-0.39, 0.29) is 18.0 Å². The number of carbonyl (C=O) groups excluding carboxylic acids is 2. The van der Waals surface area contributed by atoms with Crippen molar-refractivity contribution in [3.8, 4) is 0 Å². The van der Waals surface area contributed by atoms with Crippen molar-refractivity contribution in [1.82, 2.24) is 20.0 Å². The van der Waals surface area contributed by atoms with Crippen LogP contribution in [0.25, 0.3) is 0 Å². The number of carbonyl (C=O) groups is 2. The van der Waals surface area contributed by atoms with Gasteiger partial charge in [-0.25, -0.2) is 4.79 Å². The molecule has 2 saturated heterocycles. The van der Waals surface area contributed by atoms with Crippen LogP contribution in [0.3, 0.4) is 0 Å². The molecule has 0 bridgehead atoms. The lowest BCUT2D eigenvalue weighted by Gasteiger charge is -2.24. The summed E-state index contributed by atoms with van der Waals surface area (Å²) < 4.78 is 0. The van der Waals surface area contributed by atoms with Crippen molar-refractivity contribution in [3.05, 3.63) is 35.9 Å². The van der Waals surface area contributed by atoms with Gasteiger partial charge in [-0.2, -0.15) is 0 Å². The topological polar surface area (TPSA) is 55.9 Å². The predicted molar refractivity (Wildman–Crippen MR) is 92.5 cm³/mol. The molecule has 3 amide bonds. The summed E-state index contributed by atoms with van der Waals surface area (Å²) in [5, 5.41) is 3.01. The van der Waals surface area contributed by atoms with E-state index in [9.17, 15) is 9.59 Å². The van der Waals surface area contributed by atoms with Crippen LogP contribution in [-0.2, 0) is 11.3 Å². The van der Waals surface area contributed by atoms with E-state index in [0.29, 0.717) is 13.0 Å². The summed E-state index contributed by atoms with van der Waals surface area (Å²) in [6.07, 6.45) is 1.39. The second kappa shape index (κ2) is 7.66. The first kappa shape index (κ1) is 16.8. The molecular formula is C18H26N4O2. The summed E-state index contributed by atoms with van der Waals surface area (Å²) in [6, 6.07) is 10.3. The minimum Gasteiger partial charge on any atom is -0.344 e. The van der Waals surface area contributed by atoms with Gasteiger partial charge in [0.1, 0.15) is 0 Å². The third-order valence-electron chi connectivity index (χ3n) is 4.79. The molecule has 1 N–H and O–H groups in total. The molecule has 1 aromatic rings. The standard InChI is InChI=1S/C18H26N4O2/c1-20-14-16(12-17(20)23)19-18(24)22-9-5-8-21(10-11-22)13-15-6-3-2-4-7-15/h2-4,6-7,16H,5,8-14H2,1H3,(H,19,24). The normalized spacial score (nSPS) is 22.5. The second-order valence-corrected chi connectivity index (χ2v) is 6.73. The Bertz CT molecular complexity index is 578. The van der Waals surface area contributed by atoms with Gasteiger partial charge >= 0.3 is 6.03 Å². The number of likely N-dealkylation sites (N-methyl/N-ethyl adjacent to an activating group) is 1. The molecule has 6 nitrogen and oxygen atoms in total. The number of amides is 3. The second-order valence-electron chi connectivity index (χ2n) is 6.73. The average molecular weight is 330 g/mol. The lowest BCUT2D eigenvalue weighted by Crippen LogP contribution is -2.46. The van der Waals surface area contributed by atoms with Crippen molar-refractivity contribution < 1.29 is 9.59 Å². The summed E-state index contributed by atoms with van der Waals surface area (Å²) in [4.78, 5) is 30.0. The molecule has 1 atom stereocenters. The van der Waals surface area contributed by atoms with Crippen molar-refractivity contribution in [3.63, 3.8) is 0 Å². The Balaban J connectivity index is 1.48. The zero-order chi connectivity index (χ0) is 16.9. The largest absolute Gasteiger partial charge is 0.344 e. The Labute approximate surface area is 143 Å². The van der Waals surface area contributed by atoms with Gasteiger partial charge in [0.25, 0.3) is 0 Å². The molecule has 0 radical (unpaired) electrons. The number of rotatable bonds is 3. The third-order valence-corrected chi connectivity index (χ3v) is 4.79. The van der Waals surface area contributed by atoms with Gasteiger partial charge < -0.3 is 15.1 Å². The van der Waals surface area contributed by atoms with Crippen LogP contribution in [0, 0.1) is 0 Å². The van der Waals surface area contributed by atoms with E-state index >= 15 is 0 Å². The highest BCUT2D eigenvalue weighted by Gasteiger charge is 2.29. The number of hydrogen-bond acceptors (Lipinski definition) is 3. The van der Waals surface area contributed by atoms with Crippen molar-refractivity contribution in [2.75, 3.05) is 39.8 Å². The van der Waals surface area contributed by atoms with E-state index in [1.165, 1.54) is 5.56 Å². The maximum absolute atomic E-state index is 12.5. The van der Waals surface area contributed by atoms with E-state index in [1.807, 2.05) is 11.0 Å². The van der Waals surface area contributed by atoms with Crippen LogP contribution in [0.4, 0.5) is 4.79 Å². The van der Waals surface area contributed by atoms with Crippen molar-refractivity contribution in [2.24, 2.45) is 0 Å². The molecule has 1 unspecified atom stereocenters. The zero-order valence-electron chi connectivity index (χ0n) is 14.3. The average Bonchev–Trinajstić information content (AvgIpc) is 2.76. The molecule has 24 heavy (non-hydrogen) atoms. The van der Waals surface area contributed by atoms with Gasteiger partial charge in [-0.15, -0.1) is 0 Å². The number of nitrogens with zero attached hydrogens (tertiary/aromatic N) is 3. The first-order chi connectivity index (χ1) is 11.6. The highest BCUT2D eigenvalue weighted by molar-refractivity contribution is 5.81. The molecule has 0 saturated carbocycles. The number of urea groups is 1. The fraction of sp³-hybridized carbons (Fsp3) is 0.556. The first-order valence-electron chi connectivity index (χ1n) is 8.67. The van der Waals surface area contributed by atoms with Crippen LogP contribution in [0.1, 0.15) is 18.4 Å². The van der Waals surface area contributed by atoms with Gasteiger partial charge in [0.15, 0.2) is 0 Å². The Kier molecular flexibility index (Phi) is 5.35. The first-order valence-corrected chi connectivity index (χ1v) is 8.67. The van der Waals surface area contributed by atoms with E-state index in [1.54, 1.807) is 11.9 Å². The van der Waals surface area contributed by atoms with Crippen molar-refractivity contribution in [1.29, 1.82) is 0 Å². The number of hydrogen-bond donors (Lipinski definition) is 1. The molecule has 0 aliphatic carbocycles. The van der Waals surface area contributed by atoms with Gasteiger partial charge in [-0.3, -0.25) is 9.69 Å². The fourth-order valence-electron chi connectivity index (χ4n) is 3.40. The molecule has 2 aliphatic heterocycles. The van der Waals surface area contributed by atoms with Crippen LogP contribution in [0.5, 0.6) is 0 Å². The zero-order valence-corrected chi connectivity index (χ0v) is 14.3. The highest BCUT2D eigenvalue weighted by atomic mass is 16.2. The van der Waals surface area contributed by atoms with Gasteiger partial charge in [0, 0.05) is 52.7 Å². The van der Waals surface area contributed by atoms with Gasteiger partial charge in [0.05, 0.1) is 6.04 Å². The molecule has 1 aromatic carbocycles. The number of benzene rings is 1. The minimum atomic E-state index is -0.0568. The third kappa shape index (κ3) is 4.26. The van der Waals surface area contributed by atoms with Crippen LogP contribution >= 0.6 is 0 Å². The Hall–Kier alpha value is -2.08. The molecule has 130 valence electrons. The Morgan fingerprint density at radius 1 is 1.17 bits per heavy atom. The molecule has 3 rings (SSSR count). The van der Waals surface area contributed by atoms with E-state index < -0.39 is 0 Å². The SMILES string of the molecule is CN1CC(NC(=O)N2CCCN(Cc3ccccc3)CC2)CC1=O. The van der Waals surface area contributed by atoms with Gasteiger partial charge in [0.2, 0.25) is 5.91 Å². The van der Waals surface area contributed by atoms with Crippen LogP contribution in [-0.4, -0.2) is 72.5 Å². The molecule has 6 heteroatoms. The summed E-state index contributed by atoms with van der Waals surface area (Å²) in [5.74, 6) is 0.102. The summed E-state index contributed by atoms with van der Waals surface area (Å²) >= 11 is 0. The summed E-state index contributed by atoms with van der Waals surface area (Å²) in [6.45, 7) is 4.93. The number of nitrogens with one attached hydrogen (secondary N) is 1. The van der Waals surface area contributed by atoms with Crippen LogP contribution in [0.15, 0.2) is 30.3 Å². The van der Waals surface area contributed by atoms with E-state index in [2.05, 4.69) is 34.5 Å². The van der Waals surface area contributed by atoms with Crippen molar-refractivity contribution in [2.45, 2.75) is 25.4 Å². The highest BCUT2D eigenvalue weighted by Crippen LogP contribution is 2.11. The van der Waals surface area contributed by atoms with E-state index in [0.717, 1.165) is 39.1 Å². The maximum Gasteiger partial charge on any atom is 0.317 e. The molecule has 0 spiro atoms. The number of likely N-dealkylation sites (tertiary alicyclic amines) is 1. The Morgan fingerprint density at radius 3 is 2.67 bits per heavy atom. The van der Waals surface area contributed by atoms with Gasteiger partial charge in [-0.1, -0.05) is 30.3 Å². The molecule has 0 aromatic heterocycles. The van der Waals surface area contributed by atoms with Crippen molar-refractivity contribution >= 4 is 11.9 Å². The summed E-state index contributed by atoms with van der Waals surface area (Å²) in [5.41, 5.74) is 1.31. The maximum atomic E-state index is 12.5. The van der Waals surface area contributed by atoms with Crippen LogP contribution in [0.2, 0.25) is 0 Å². The van der Waals surface area contributed by atoms with E-state index in [4.69, 9.17) is 0 Å². The molecule has 2 heterocycles. The smallest absolute Gasteiger partial charge is 0.317 e. The van der Waals surface area contributed by atoms with Crippen LogP contribution < -0.4 is 5.32 Å². The Morgan fingerprint density at radius 2 is 1.96 bits per heavy atom. The lowest BCUT2D eigenvalue weighted by molar-refractivity contribution is -0.126. The molecule has 2 aliphatic rings. The quantitative estimate of drug-likeness (QED) is 0.904. The summed E-state index contributed by atoms with van der Waals surface area (Å²) in [7, 11) is 1.78. The lowest BCUT2D eigenvalue weighted by atomic mass is 10.2. The fourth-order valence-corrected chi connectivity index (χ4v) is 3.40. The molecular weight excluding hydrogens is 304 g/mol. The molecule has 2 fully saturated rings.